The third-order valence-corrected chi connectivity index (χ3v) is 7.81. The van der Waals surface area contributed by atoms with Gasteiger partial charge in [-0.05, 0) is 20.3 Å². The van der Waals surface area contributed by atoms with E-state index in [0.717, 1.165) is 0 Å². The number of aromatic hydroxyl groups is 1. The van der Waals surface area contributed by atoms with E-state index in [9.17, 15) is 23.1 Å². The van der Waals surface area contributed by atoms with Crippen LogP contribution in [0.5, 0.6) is 17.2 Å². The topological polar surface area (TPSA) is 113 Å². The van der Waals surface area contributed by atoms with Crippen molar-refractivity contribution in [3.05, 3.63) is 17.7 Å². The number of nitrogens with zero attached hydrogens (tertiary/aromatic N) is 2. The number of rotatable bonds is 4. The van der Waals surface area contributed by atoms with Crippen LogP contribution in [0.15, 0.2) is 12.1 Å². The average molecular weight is 453 g/mol. The Kier molecular flexibility index (Phi) is 5.63. The molecule has 2 fully saturated rings. The lowest BCUT2D eigenvalue weighted by Crippen LogP contribution is -2.53. The molecule has 0 radical (unpaired) electrons. The molecule has 0 aliphatic carbocycles. The van der Waals surface area contributed by atoms with Crippen LogP contribution in [0.1, 0.15) is 37.0 Å². The zero-order valence-corrected chi connectivity index (χ0v) is 18.6. The highest BCUT2D eigenvalue weighted by Gasteiger charge is 2.36. The summed E-state index contributed by atoms with van der Waals surface area (Å²) in [5.41, 5.74) is -0.536. The molecule has 4 rings (SSSR count). The molecule has 170 valence electrons. The summed E-state index contributed by atoms with van der Waals surface area (Å²) in [4.78, 5) is 28.7. The summed E-state index contributed by atoms with van der Waals surface area (Å²) in [6, 6.07) is 2.90. The van der Waals surface area contributed by atoms with Gasteiger partial charge in [0, 0.05) is 44.4 Å². The zero-order valence-electron chi connectivity index (χ0n) is 17.8. The number of benzene rings is 1. The summed E-state index contributed by atoms with van der Waals surface area (Å²) in [5, 5.41) is 10.2. The molecule has 2 saturated heterocycles. The predicted octanol–water partition coefficient (Wildman–Crippen LogP) is 0.846. The largest absolute Gasteiger partial charge is 0.507 e. The van der Waals surface area contributed by atoms with Crippen LogP contribution < -0.4 is 9.47 Å². The first kappa shape index (κ1) is 21.9. The molecule has 1 N–H and O–H groups in total. The number of hydrogen-bond donors (Lipinski definition) is 1. The quantitative estimate of drug-likeness (QED) is 0.715. The lowest BCUT2D eigenvalue weighted by Gasteiger charge is -2.37. The van der Waals surface area contributed by atoms with E-state index in [2.05, 4.69) is 4.90 Å². The summed E-state index contributed by atoms with van der Waals surface area (Å²) in [6.45, 7) is 5.69. The smallest absolute Gasteiger partial charge is 0.260 e. The van der Waals surface area contributed by atoms with Gasteiger partial charge in [-0.3, -0.25) is 14.5 Å². The van der Waals surface area contributed by atoms with E-state index in [4.69, 9.17) is 9.47 Å². The first-order valence-corrected chi connectivity index (χ1v) is 12.3. The number of sulfone groups is 1. The second-order valence-corrected chi connectivity index (χ2v) is 11.3. The van der Waals surface area contributed by atoms with E-state index in [-0.39, 0.29) is 65.1 Å². The number of hydrogen-bond acceptors (Lipinski definition) is 8. The fourth-order valence-electron chi connectivity index (χ4n) is 4.47. The van der Waals surface area contributed by atoms with Crippen LogP contribution in [0.3, 0.4) is 0 Å². The van der Waals surface area contributed by atoms with Crippen LogP contribution in [0, 0.1) is 0 Å². The Morgan fingerprint density at radius 2 is 1.97 bits per heavy atom. The van der Waals surface area contributed by atoms with Gasteiger partial charge in [0.2, 0.25) is 0 Å². The highest BCUT2D eigenvalue weighted by Crippen LogP contribution is 2.40. The fraction of sp³-hybridized carbons (Fsp3) is 0.619. The number of phenolic OH excluding ortho intramolecular Hbond substituents is 1. The first-order valence-electron chi connectivity index (χ1n) is 10.5. The highest BCUT2D eigenvalue weighted by molar-refractivity contribution is 7.91. The Morgan fingerprint density at radius 1 is 1.26 bits per heavy atom. The molecule has 3 aliphatic heterocycles. The van der Waals surface area contributed by atoms with Gasteiger partial charge in [-0.25, -0.2) is 8.42 Å². The Hall–Kier alpha value is -2.33. The molecular formula is C21H28N2O7S. The van der Waals surface area contributed by atoms with Gasteiger partial charge < -0.3 is 19.5 Å². The van der Waals surface area contributed by atoms with E-state index in [1.54, 1.807) is 18.7 Å². The van der Waals surface area contributed by atoms with Gasteiger partial charge in [0.05, 0.1) is 17.9 Å². The van der Waals surface area contributed by atoms with Crippen molar-refractivity contribution in [2.24, 2.45) is 0 Å². The van der Waals surface area contributed by atoms with Crippen molar-refractivity contribution in [1.82, 2.24) is 9.80 Å². The van der Waals surface area contributed by atoms with Crippen LogP contribution in [-0.4, -0.2) is 90.9 Å². The van der Waals surface area contributed by atoms with E-state index in [1.165, 1.54) is 12.1 Å². The first-order chi connectivity index (χ1) is 14.5. The average Bonchev–Trinajstić information content (AvgIpc) is 3.04. The van der Waals surface area contributed by atoms with Crippen molar-refractivity contribution in [2.45, 2.75) is 38.3 Å². The summed E-state index contributed by atoms with van der Waals surface area (Å²) < 4.78 is 34.8. The predicted molar refractivity (Wildman–Crippen MR) is 112 cm³/mol. The second kappa shape index (κ2) is 7.98. The summed E-state index contributed by atoms with van der Waals surface area (Å²) >= 11 is 0. The van der Waals surface area contributed by atoms with Crippen LogP contribution in [0.25, 0.3) is 0 Å². The molecule has 0 saturated carbocycles. The molecule has 0 bridgehead atoms. The molecule has 1 atom stereocenters. The van der Waals surface area contributed by atoms with Crippen molar-refractivity contribution in [3.8, 4) is 17.2 Å². The maximum atomic E-state index is 12.6. The lowest BCUT2D eigenvalue weighted by atomic mass is 9.92. The number of carbonyl (C=O) groups is 2. The maximum Gasteiger partial charge on any atom is 0.260 e. The normalized spacial score (nSPS) is 25.0. The second-order valence-electron chi connectivity index (χ2n) is 9.04. The molecule has 3 aliphatic rings. The van der Waals surface area contributed by atoms with E-state index in [1.807, 2.05) is 0 Å². The molecule has 0 aromatic heterocycles. The van der Waals surface area contributed by atoms with Gasteiger partial charge in [-0.2, -0.15) is 0 Å². The third-order valence-electron chi connectivity index (χ3n) is 6.06. The molecule has 1 aromatic rings. The standard InChI is InChI=1S/C21H28N2O7S/c1-21(2)11-17(25)20-16(24)9-15(10-18(20)30-21)29-12-19(26)23-6-4-22(5-7-23)14-3-8-31(27,28)13-14/h9-10,14,24H,3-8,11-13H2,1-2H3/t14-/m1/s1. The molecule has 0 unspecified atom stereocenters. The molecule has 9 nitrogen and oxygen atoms in total. The van der Waals surface area contributed by atoms with Gasteiger partial charge in [-0.15, -0.1) is 0 Å². The van der Waals surface area contributed by atoms with Crippen LogP contribution in [0.4, 0.5) is 0 Å². The summed E-state index contributed by atoms with van der Waals surface area (Å²) in [5.74, 6) is 0.347. The van der Waals surface area contributed by atoms with E-state index in [0.29, 0.717) is 32.6 Å². The number of fused-ring (bicyclic) bond motifs is 1. The Labute approximate surface area is 181 Å². The highest BCUT2D eigenvalue weighted by atomic mass is 32.2. The summed E-state index contributed by atoms with van der Waals surface area (Å²) in [6.07, 6.45) is 0.827. The lowest BCUT2D eigenvalue weighted by molar-refractivity contribution is -0.135. The molecule has 31 heavy (non-hydrogen) atoms. The van der Waals surface area contributed by atoms with Gasteiger partial charge in [-0.1, -0.05) is 0 Å². The van der Waals surface area contributed by atoms with Gasteiger partial charge in [0.1, 0.15) is 28.4 Å². The number of amides is 1. The molecular weight excluding hydrogens is 424 g/mol. The third kappa shape index (κ3) is 4.79. The number of ketones is 1. The Bertz CT molecular complexity index is 997. The van der Waals surface area contributed by atoms with Crippen molar-refractivity contribution in [2.75, 3.05) is 44.3 Å². The van der Waals surface area contributed by atoms with Crippen molar-refractivity contribution in [1.29, 1.82) is 0 Å². The van der Waals surface area contributed by atoms with Crippen molar-refractivity contribution < 1.29 is 32.6 Å². The monoisotopic (exact) mass is 452 g/mol. The van der Waals surface area contributed by atoms with Crippen molar-refractivity contribution >= 4 is 21.5 Å². The number of ether oxygens (including phenoxy) is 2. The molecule has 0 spiro atoms. The number of phenols is 1. The minimum absolute atomic E-state index is 0.0453. The van der Waals surface area contributed by atoms with Crippen LogP contribution in [0.2, 0.25) is 0 Å². The van der Waals surface area contributed by atoms with Gasteiger partial charge in [0.15, 0.2) is 22.2 Å². The number of Topliss-reactive ketones (excluding diaryl/α,β-unsaturated/α-hetero) is 1. The fourth-order valence-corrected chi connectivity index (χ4v) is 6.23. The molecule has 3 heterocycles. The van der Waals surface area contributed by atoms with E-state index >= 15 is 0 Å². The summed E-state index contributed by atoms with van der Waals surface area (Å²) in [7, 11) is -2.93. The molecule has 1 amide bonds. The van der Waals surface area contributed by atoms with Crippen LogP contribution in [-0.2, 0) is 14.6 Å². The minimum Gasteiger partial charge on any atom is -0.507 e. The minimum atomic E-state index is -2.93. The number of carbonyl (C=O) groups excluding carboxylic acids is 2. The molecule has 1 aromatic carbocycles. The molecule has 10 heteroatoms. The zero-order chi connectivity index (χ0) is 22.4. The Balaban J connectivity index is 1.33. The van der Waals surface area contributed by atoms with Gasteiger partial charge in [0.25, 0.3) is 5.91 Å². The number of piperazine rings is 1. The Morgan fingerprint density at radius 3 is 2.61 bits per heavy atom. The SMILES string of the molecule is CC1(C)CC(=O)c2c(O)cc(OCC(=O)N3CCN([C@@H]4CCS(=O)(=O)C4)CC3)cc2O1. The van der Waals surface area contributed by atoms with Gasteiger partial charge >= 0.3 is 0 Å². The van der Waals surface area contributed by atoms with Crippen LogP contribution >= 0.6 is 0 Å². The maximum absolute atomic E-state index is 12.6. The van der Waals surface area contributed by atoms with Crippen molar-refractivity contribution in [3.63, 3.8) is 0 Å². The van der Waals surface area contributed by atoms with E-state index < -0.39 is 15.4 Å².